The van der Waals surface area contributed by atoms with Crippen molar-refractivity contribution in [2.24, 2.45) is 0 Å². The van der Waals surface area contributed by atoms with Crippen molar-refractivity contribution >= 4 is 29.3 Å². The van der Waals surface area contributed by atoms with Gasteiger partial charge in [-0.05, 0) is 183 Å². The largest absolute Gasteiger partial charge is 0.457 e. The molecule has 89 heavy (non-hydrogen) atoms. The molecule has 8 nitrogen and oxygen atoms in total. The van der Waals surface area contributed by atoms with Crippen LogP contribution in [0.15, 0.2) is 231 Å². The van der Waals surface area contributed by atoms with Crippen LogP contribution in [-0.2, 0) is 16.2 Å². The van der Waals surface area contributed by atoms with E-state index in [1.165, 1.54) is 44.0 Å². The SMILES string of the molecule is CCCCC(C)(CC)c1ccc(C2(c3ccc(N4C(=O)c5ccc(Oc6ccc(C7(c8ccc(Oc9ccc%10c(c9)C(=O)N(C(C)(CC)CCC)C%10=O)cc8)c8ccccc8-c8ccccc87)cc6)cc5C4=O)cc3)c3ccccc3-c3ccccc32)cc1. The summed E-state index contributed by atoms with van der Waals surface area (Å²) in [5.74, 6) is 0.709. The monoisotopic (exact) mass is 1170 g/mol. The molecule has 2 atom stereocenters. The van der Waals surface area contributed by atoms with E-state index in [4.69, 9.17) is 9.47 Å². The lowest BCUT2D eigenvalue weighted by molar-refractivity contribution is 0.0423. The lowest BCUT2D eigenvalue weighted by Crippen LogP contribution is -2.49. The van der Waals surface area contributed by atoms with Gasteiger partial charge in [-0.2, -0.15) is 0 Å². The maximum atomic E-state index is 14.6. The van der Waals surface area contributed by atoms with Crippen LogP contribution in [0.4, 0.5) is 5.69 Å². The van der Waals surface area contributed by atoms with Gasteiger partial charge in [0, 0.05) is 5.54 Å². The van der Waals surface area contributed by atoms with Gasteiger partial charge in [0.1, 0.15) is 23.0 Å². The summed E-state index contributed by atoms with van der Waals surface area (Å²) in [4.78, 5) is 59.2. The van der Waals surface area contributed by atoms with Crippen LogP contribution < -0.4 is 14.4 Å². The summed E-state index contributed by atoms with van der Waals surface area (Å²) in [6.45, 7) is 13.0. The number of imide groups is 2. The van der Waals surface area contributed by atoms with Crippen molar-refractivity contribution in [2.75, 3.05) is 4.90 Å². The van der Waals surface area contributed by atoms with Gasteiger partial charge in [-0.15, -0.1) is 0 Å². The molecule has 2 heterocycles. The summed E-state index contributed by atoms with van der Waals surface area (Å²) in [7, 11) is 0. The zero-order valence-electron chi connectivity index (χ0n) is 51.2. The summed E-state index contributed by atoms with van der Waals surface area (Å²) >= 11 is 0. The Morgan fingerprint density at radius 3 is 1.15 bits per heavy atom. The third-order valence-electron chi connectivity index (χ3n) is 20.2. The number of carbonyl (C=O) groups is 4. The number of fused-ring (bicyclic) bond motifs is 8. The zero-order chi connectivity index (χ0) is 61.4. The average Bonchev–Trinajstić information content (AvgIpc) is 1.59. The van der Waals surface area contributed by atoms with E-state index in [1.54, 1.807) is 36.4 Å². The smallest absolute Gasteiger partial charge is 0.266 e. The van der Waals surface area contributed by atoms with E-state index < -0.39 is 22.3 Å². The predicted molar refractivity (Wildman–Crippen MR) is 353 cm³/mol. The van der Waals surface area contributed by atoms with E-state index in [0.29, 0.717) is 51.8 Å². The number of benzene rings is 10. The van der Waals surface area contributed by atoms with Crippen molar-refractivity contribution in [3.05, 3.63) is 303 Å². The van der Waals surface area contributed by atoms with E-state index in [-0.39, 0.29) is 28.7 Å². The van der Waals surface area contributed by atoms with Gasteiger partial charge in [-0.1, -0.05) is 212 Å². The number of carbonyl (C=O) groups excluding carboxylic acids is 4. The van der Waals surface area contributed by atoms with Gasteiger partial charge in [-0.3, -0.25) is 24.1 Å². The van der Waals surface area contributed by atoms with Crippen molar-refractivity contribution in [2.45, 2.75) is 108 Å². The van der Waals surface area contributed by atoms with Gasteiger partial charge >= 0.3 is 0 Å². The van der Waals surface area contributed by atoms with E-state index in [2.05, 4.69) is 185 Å². The van der Waals surface area contributed by atoms with Gasteiger partial charge in [0.15, 0.2) is 0 Å². The molecule has 2 unspecified atom stereocenters. The number of hydrogen-bond donors (Lipinski definition) is 0. The molecule has 0 saturated heterocycles. The summed E-state index contributed by atoms with van der Waals surface area (Å²) in [5, 5.41) is 0. The van der Waals surface area contributed by atoms with Crippen LogP contribution >= 0.6 is 0 Å². The Labute approximate surface area is 521 Å². The van der Waals surface area contributed by atoms with Crippen LogP contribution in [0.2, 0.25) is 0 Å². The third-order valence-corrected chi connectivity index (χ3v) is 20.2. The van der Waals surface area contributed by atoms with Crippen LogP contribution in [0, 0.1) is 0 Å². The molecule has 8 heteroatoms. The standard InChI is InChI=1S/C81H70N2O6/c1-7-11-49-78(5,9-3)52-28-30-53(31-29-52)80(70-24-16-12-20-62(70)63-21-13-17-25-71(63)80)54-32-38-57(39-33-54)82-74(84)66-46-44-60(50-68(66)75(82)85)88-58-40-34-55(35-41-58)81(72-26-18-14-22-64(72)65-23-15-19-27-73(65)81)56-36-42-59(43-37-56)89-61-45-47-67-69(51-61)77(87)83(76(67)86)79(6,10-4)48-8-2/h12-47,50-51H,7-11,48-49H2,1-6H3. The molecule has 2 aliphatic carbocycles. The second-order valence-electron chi connectivity index (χ2n) is 25.0. The number of nitrogens with zero attached hydrogens (tertiary/aromatic N) is 2. The van der Waals surface area contributed by atoms with Crippen molar-refractivity contribution in [1.82, 2.24) is 4.90 Å². The summed E-state index contributed by atoms with van der Waals surface area (Å²) < 4.78 is 13.0. The highest BCUT2D eigenvalue weighted by Gasteiger charge is 2.49. The molecule has 2 aliphatic heterocycles. The minimum atomic E-state index is -0.733. The van der Waals surface area contributed by atoms with Crippen LogP contribution in [0.3, 0.4) is 0 Å². The minimum Gasteiger partial charge on any atom is -0.457 e. The first-order valence-electron chi connectivity index (χ1n) is 31.5. The molecule has 0 bridgehead atoms. The van der Waals surface area contributed by atoms with Gasteiger partial charge < -0.3 is 9.47 Å². The van der Waals surface area contributed by atoms with Crippen LogP contribution in [0.1, 0.15) is 178 Å². The normalized spacial score (nSPS) is 16.0. The van der Waals surface area contributed by atoms with Gasteiger partial charge in [-0.25, -0.2) is 4.90 Å². The average molecular weight is 1170 g/mol. The fourth-order valence-electron chi connectivity index (χ4n) is 15.2. The molecule has 10 aromatic rings. The zero-order valence-corrected chi connectivity index (χ0v) is 51.2. The molecule has 0 saturated carbocycles. The third kappa shape index (κ3) is 8.76. The number of ether oxygens (including phenoxy) is 2. The highest BCUT2D eigenvalue weighted by molar-refractivity contribution is 6.34. The van der Waals surface area contributed by atoms with Gasteiger partial charge in [0.25, 0.3) is 23.6 Å². The Bertz CT molecular complexity index is 4380. The minimum absolute atomic E-state index is 0.0773. The molecular weight excluding hydrogens is 1100 g/mol. The molecule has 0 spiro atoms. The molecule has 440 valence electrons. The quantitative estimate of drug-likeness (QED) is 0.0795. The van der Waals surface area contributed by atoms with E-state index in [0.717, 1.165) is 76.6 Å². The molecular formula is C81H70N2O6. The Balaban J connectivity index is 0.741. The predicted octanol–water partition coefficient (Wildman–Crippen LogP) is 19.2. The van der Waals surface area contributed by atoms with E-state index in [1.807, 2.05) is 50.2 Å². The molecule has 14 rings (SSSR count). The topological polar surface area (TPSA) is 93.2 Å². The number of amides is 4. The first-order chi connectivity index (χ1) is 43.3. The van der Waals surface area contributed by atoms with Crippen molar-refractivity contribution in [3.63, 3.8) is 0 Å². The summed E-state index contributed by atoms with van der Waals surface area (Å²) in [6, 6.07) is 78.2. The second-order valence-corrected chi connectivity index (χ2v) is 25.0. The Hall–Kier alpha value is -9.92. The Morgan fingerprint density at radius 2 is 0.730 bits per heavy atom. The molecule has 4 aliphatic rings. The first kappa shape index (κ1) is 56.9. The van der Waals surface area contributed by atoms with Crippen molar-refractivity contribution in [1.29, 1.82) is 0 Å². The van der Waals surface area contributed by atoms with Crippen molar-refractivity contribution < 1.29 is 28.7 Å². The maximum Gasteiger partial charge on any atom is 0.266 e. The molecule has 4 amide bonds. The van der Waals surface area contributed by atoms with Gasteiger partial charge in [0.05, 0.1) is 38.8 Å². The summed E-state index contributed by atoms with van der Waals surface area (Å²) in [6.07, 6.45) is 6.78. The Kier molecular flexibility index (Phi) is 14.1. The number of unbranched alkanes of at least 4 members (excludes halogenated alkanes) is 1. The van der Waals surface area contributed by atoms with Crippen LogP contribution in [-0.4, -0.2) is 34.1 Å². The molecule has 0 N–H and O–H groups in total. The van der Waals surface area contributed by atoms with Gasteiger partial charge in [0.2, 0.25) is 0 Å². The van der Waals surface area contributed by atoms with Crippen molar-refractivity contribution in [3.8, 4) is 45.3 Å². The second kappa shape index (κ2) is 22.0. The lowest BCUT2D eigenvalue weighted by atomic mass is 9.67. The maximum absolute atomic E-state index is 14.6. The molecule has 0 radical (unpaired) electrons. The number of rotatable bonds is 18. The molecule has 0 fully saturated rings. The first-order valence-corrected chi connectivity index (χ1v) is 31.5. The fraction of sp³-hybridized carbons (Fsp3) is 0.210. The fourth-order valence-corrected chi connectivity index (χ4v) is 15.2. The highest BCUT2D eigenvalue weighted by atomic mass is 16.5. The molecule has 10 aromatic carbocycles. The van der Waals surface area contributed by atoms with Crippen LogP contribution in [0.5, 0.6) is 23.0 Å². The Morgan fingerprint density at radius 1 is 0.360 bits per heavy atom. The molecule has 0 aromatic heterocycles. The van der Waals surface area contributed by atoms with Crippen LogP contribution in [0.25, 0.3) is 22.3 Å². The van der Waals surface area contributed by atoms with E-state index >= 15 is 0 Å². The van der Waals surface area contributed by atoms with E-state index in [9.17, 15) is 19.2 Å². The summed E-state index contributed by atoms with van der Waals surface area (Å²) in [5.41, 5.74) is 14.9. The number of hydrogen-bond acceptors (Lipinski definition) is 6. The number of anilines is 1. The lowest BCUT2D eigenvalue weighted by Gasteiger charge is -2.36. The highest BCUT2D eigenvalue weighted by Crippen LogP contribution is 2.58.